The van der Waals surface area contributed by atoms with Crippen LogP contribution in [0, 0.1) is 6.92 Å². The Bertz CT molecular complexity index is 534. The lowest BCUT2D eigenvalue weighted by Crippen LogP contribution is -2.11. The lowest BCUT2D eigenvalue weighted by Gasteiger charge is -2.05. The van der Waals surface area contributed by atoms with E-state index in [2.05, 4.69) is 48.4 Å². The fourth-order valence-electron chi connectivity index (χ4n) is 1.74. The van der Waals surface area contributed by atoms with E-state index in [9.17, 15) is 0 Å². The number of aryl methyl sites for hydroxylation is 1. The van der Waals surface area contributed by atoms with Crippen LogP contribution >= 0.6 is 11.8 Å². The molecule has 2 heterocycles. The molecule has 0 radical (unpaired) electrons. The Labute approximate surface area is 124 Å². The summed E-state index contributed by atoms with van der Waals surface area (Å²) < 4.78 is 7.15. The summed E-state index contributed by atoms with van der Waals surface area (Å²) in [5, 5.41) is 9.26. The zero-order chi connectivity index (χ0) is 14.5. The van der Waals surface area contributed by atoms with E-state index in [4.69, 9.17) is 4.74 Å². The van der Waals surface area contributed by atoms with Crippen LogP contribution in [0.15, 0.2) is 40.4 Å². The molecular weight excluding hydrogens is 270 g/mol. The molecule has 1 aromatic carbocycles. The molecule has 1 aliphatic rings. The molecule has 108 valence electrons. The van der Waals surface area contributed by atoms with E-state index in [1.807, 2.05) is 24.7 Å². The molecule has 4 nitrogen and oxygen atoms in total. The van der Waals surface area contributed by atoms with E-state index in [0.29, 0.717) is 6.10 Å². The van der Waals surface area contributed by atoms with E-state index < -0.39 is 0 Å². The molecule has 0 N–H and O–H groups in total. The highest BCUT2D eigenvalue weighted by Gasteiger charge is 2.31. The molecule has 2 atom stereocenters. The van der Waals surface area contributed by atoms with Crippen molar-refractivity contribution < 1.29 is 4.74 Å². The van der Waals surface area contributed by atoms with Crippen LogP contribution in [0.5, 0.6) is 0 Å². The number of ether oxygens (including phenoxy) is 1. The first-order valence-electron chi connectivity index (χ1n) is 7.00. The monoisotopic (exact) mass is 291 g/mol. The second kappa shape index (κ2) is 6.90. The molecule has 3 rings (SSSR count). The Kier molecular flexibility index (Phi) is 5.20. The van der Waals surface area contributed by atoms with Gasteiger partial charge in [0.25, 0.3) is 0 Å². The van der Waals surface area contributed by atoms with Crippen molar-refractivity contribution in [3.05, 3.63) is 36.0 Å². The first-order chi connectivity index (χ1) is 9.72. The third-order valence-corrected chi connectivity index (χ3v) is 3.95. The number of benzene rings is 1. The van der Waals surface area contributed by atoms with Gasteiger partial charge in [-0.15, -0.1) is 5.10 Å². The van der Waals surface area contributed by atoms with Gasteiger partial charge in [-0.2, -0.15) is 0 Å². The molecule has 1 aliphatic heterocycles. The molecule has 1 fully saturated rings. The summed E-state index contributed by atoms with van der Waals surface area (Å²) in [6, 6.07) is 8.68. The summed E-state index contributed by atoms with van der Waals surface area (Å²) in [5.41, 5.74) is 1.27. The molecule has 0 saturated carbocycles. The van der Waals surface area contributed by atoms with E-state index in [1.165, 1.54) is 10.5 Å². The molecule has 0 bridgehead atoms. The van der Waals surface area contributed by atoms with E-state index in [-0.39, 0.29) is 6.04 Å². The second-order valence-electron chi connectivity index (χ2n) is 4.56. The zero-order valence-corrected chi connectivity index (χ0v) is 13.2. The Morgan fingerprint density at radius 3 is 2.55 bits per heavy atom. The Hall–Kier alpha value is -1.33. The molecule has 2 aromatic rings. The second-order valence-corrected chi connectivity index (χ2v) is 5.66. The average Bonchev–Trinajstić information content (AvgIpc) is 3.23. The highest BCUT2D eigenvalue weighted by Crippen LogP contribution is 2.28. The number of aromatic nitrogens is 3. The van der Waals surface area contributed by atoms with Gasteiger partial charge in [0.2, 0.25) is 0 Å². The van der Waals surface area contributed by atoms with Gasteiger partial charge in [-0.25, -0.2) is 4.68 Å². The van der Waals surface area contributed by atoms with Gasteiger partial charge >= 0.3 is 0 Å². The van der Waals surface area contributed by atoms with Gasteiger partial charge in [0.05, 0.1) is 18.8 Å². The smallest absolute Gasteiger partial charge is 0.143 e. The maximum absolute atomic E-state index is 5.27. The number of epoxide rings is 1. The molecule has 1 saturated heterocycles. The summed E-state index contributed by atoms with van der Waals surface area (Å²) in [5.74, 6) is 0. The molecule has 0 spiro atoms. The van der Waals surface area contributed by atoms with Crippen molar-refractivity contribution in [2.75, 3.05) is 6.61 Å². The quantitative estimate of drug-likeness (QED) is 0.805. The summed E-state index contributed by atoms with van der Waals surface area (Å²) in [7, 11) is 0. The molecule has 20 heavy (non-hydrogen) atoms. The van der Waals surface area contributed by atoms with Crippen LogP contribution in [0.4, 0.5) is 0 Å². The summed E-state index contributed by atoms with van der Waals surface area (Å²) in [4.78, 5) is 1.18. The van der Waals surface area contributed by atoms with Gasteiger partial charge in [0.1, 0.15) is 11.1 Å². The van der Waals surface area contributed by atoms with Gasteiger partial charge in [0.15, 0.2) is 0 Å². The van der Waals surface area contributed by atoms with E-state index >= 15 is 0 Å². The first kappa shape index (κ1) is 15.1. The van der Waals surface area contributed by atoms with Crippen molar-refractivity contribution >= 4 is 11.8 Å². The largest absolute Gasteiger partial charge is 0.371 e. The molecule has 1 aromatic heterocycles. The molecule has 0 amide bonds. The van der Waals surface area contributed by atoms with Gasteiger partial charge < -0.3 is 4.74 Å². The predicted molar refractivity (Wildman–Crippen MR) is 81.1 cm³/mol. The van der Waals surface area contributed by atoms with Gasteiger partial charge in [-0.1, -0.05) is 48.5 Å². The van der Waals surface area contributed by atoms with Crippen LogP contribution in [0.1, 0.15) is 32.4 Å². The first-order valence-corrected chi connectivity index (χ1v) is 7.82. The molecule has 0 aliphatic carbocycles. The fraction of sp³-hybridized carbons (Fsp3) is 0.467. The third-order valence-electron chi connectivity index (χ3n) is 3.05. The van der Waals surface area contributed by atoms with Crippen LogP contribution in [-0.2, 0) is 4.74 Å². The maximum Gasteiger partial charge on any atom is 0.143 e. The molecule has 2 unspecified atom stereocenters. The molecular formula is C15H21N3OS. The fourth-order valence-corrected chi connectivity index (χ4v) is 2.49. The van der Waals surface area contributed by atoms with Crippen molar-refractivity contribution in [1.82, 2.24) is 15.0 Å². The van der Waals surface area contributed by atoms with Crippen LogP contribution in [0.25, 0.3) is 0 Å². The van der Waals surface area contributed by atoms with Crippen LogP contribution in [0.2, 0.25) is 0 Å². The van der Waals surface area contributed by atoms with Gasteiger partial charge in [0, 0.05) is 4.90 Å². The van der Waals surface area contributed by atoms with E-state index in [0.717, 1.165) is 11.6 Å². The lowest BCUT2D eigenvalue weighted by molar-refractivity contribution is 0.322. The van der Waals surface area contributed by atoms with Gasteiger partial charge in [-0.3, -0.25) is 0 Å². The lowest BCUT2D eigenvalue weighted by atomic mass is 10.2. The van der Waals surface area contributed by atoms with Crippen molar-refractivity contribution in [1.29, 1.82) is 0 Å². The minimum atomic E-state index is 0.268. The topological polar surface area (TPSA) is 43.2 Å². The molecule has 5 heteroatoms. The van der Waals surface area contributed by atoms with Crippen LogP contribution < -0.4 is 0 Å². The predicted octanol–water partition coefficient (Wildman–Crippen LogP) is 3.72. The minimum Gasteiger partial charge on any atom is -0.371 e. The normalized spacial score (nSPS) is 18.1. The summed E-state index contributed by atoms with van der Waals surface area (Å²) >= 11 is 1.63. The Morgan fingerprint density at radius 2 is 1.95 bits per heavy atom. The van der Waals surface area contributed by atoms with Crippen molar-refractivity contribution in [2.45, 2.75) is 49.8 Å². The number of hydrogen-bond donors (Lipinski definition) is 0. The average molecular weight is 291 g/mol. The highest BCUT2D eigenvalue weighted by molar-refractivity contribution is 7.99. The third kappa shape index (κ3) is 3.84. The van der Waals surface area contributed by atoms with Crippen LogP contribution in [-0.4, -0.2) is 27.7 Å². The van der Waals surface area contributed by atoms with Crippen LogP contribution in [0.3, 0.4) is 0 Å². The van der Waals surface area contributed by atoms with Crippen molar-refractivity contribution in [3.8, 4) is 0 Å². The number of nitrogens with zero attached hydrogens (tertiary/aromatic N) is 3. The Morgan fingerprint density at radius 1 is 1.30 bits per heavy atom. The Balaban J connectivity index is 0.000000704. The maximum atomic E-state index is 5.27. The zero-order valence-electron chi connectivity index (χ0n) is 12.4. The van der Waals surface area contributed by atoms with Gasteiger partial charge in [-0.05, 0) is 26.0 Å². The minimum absolute atomic E-state index is 0.268. The van der Waals surface area contributed by atoms with Crippen molar-refractivity contribution in [2.24, 2.45) is 0 Å². The summed E-state index contributed by atoms with van der Waals surface area (Å²) in [6.45, 7) is 9.02. The van der Waals surface area contributed by atoms with Crippen molar-refractivity contribution in [3.63, 3.8) is 0 Å². The summed E-state index contributed by atoms with van der Waals surface area (Å²) in [6.07, 6.45) is 2.29. The number of hydrogen-bond acceptors (Lipinski definition) is 4. The standard InChI is InChI=1S/C13H15N3OS.C2H6/c1-9-3-5-11(6-4-9)18-13-7-16(15-14-13)10(2)12-8-17-12;1-2/h3-7,10,12H,8H2,1-2H3;1-2H3. The van der Waals surface area contributed by atoms with E-state index in [1.54, 1.807) is 11.8 Å². The highest BCUT2D eigenvalue weighted by atomic mass is 32.2. The SMILES string of the molecule is CC.Cc1ccc(Sc2cn(C(C)C3CO3)nn2)cc1. The number of rotatable bonds is 4.